The van der Waals surface area contributed by atoms with Crippen molar-refractivity contribution in [1.29, 1.82) is 0 Å². The summed E-state index contributed by atoms with van der Waals surface area (Å²) in [5.41, 5.74) is 1.19. The van der Waals surface area contributed by atoms with Crippen molar-refractivity contribution in [3.63, 3.8) is 0 Å². The first kappa shape index (κ1) is 15.4. The fourth-order valence-corrected chi connectivity index (χ4v) is 3.17. The molecule has 0 saturated heterocycles. The normalized spacial score (nSPS) is 19.1. The summed E-state index contributed by atoms with van der Waals surface area (Å²) in [7, 11) is 0. The highest BCUT2D eigenvalue weighted by molar-refractivity contribution is 5.44. The molecule has 7 nitrogen and oxygen atoms in total. The minimum Gasteiger partial charge on any atom is -0.486 e. The van der Waals surface area contributed by atoms with Crippen molar-refractivity contribution in [1.82, 2.24) is 25.5 Å². The third-order valence-corrected chi connectivity index (χ3v) is 4.63. The molecule has 4 rings (SSSR count). The van der Waals surface area contributed by atoms with Gasteiger partial charge >= 0.3 is 0 Å². The minimum atomic E-state index is 0.0822. The van der Waals surface area contributed by atoms with Crippen LogP contribution < -0.4 is 14.8 Å². The number of hydrogen-bond acceptors (Lipinski definition) is 6. The van der Waals surface area contributed by atoms with Gasteiger partial charge in [-0.05, 0) is 54.3 Å². The van der Waals surface area contributed by atoms with E-state index in [4.69, 9.17) is 9.47 Å². The molecule has 2 unspecified atom stereocenters. The molecule has 0 bridgehead atoms. The van der Waals surface area contributed by atoms with Crippen molar-refractivity contribution in [3.8, 4) is 11.5 Å². The number of tetrazole rings is 1. The predicted octanol–water partition coefficient (Wildman–Crippen LogP) is 2.58. The molecule has 7 heteroatoms. The van der Waals surface area contributed by atoms with E-state index in [1.54, 1.807) is 0 Å². The second-order valence-corrected chi connectivity index (χ2v) is 6.47. The standard InChI is InChI=1S/C17H23N5O2/c1-3-14(12-4-7-15-16(10-12)24-9-8-23-15)18-11(2)17-19-20-21-22(17)13-5-6-13/h4,7,10-11,13-14,18H,3,5-6,8-9H2,1-2H3. The molecule has 1 aliphatic heterocycles. The molecule has 0 spiro atoms. The molecule has 1 aromatic carbocycles. The summed E-state index contributed by atoms with van der Waals surface area (Å²) in [5, 5.41) is 15.9. The van der Waals surface area contributed by atoms with Gasteiger partial charge in [0.25, 0.3) is 0 Å². The molecule has 0 radical (unpaired) electrons. The molecule has 24 heavy (non-hydrogen) atoms. The average molecular weight is 329 g/mol. The zero-order valence-corrected chi connectivity index (χ0v) is 14.1. The Balaban J connectivity index is 1.52. The van der Waals surface area contributed by atoms with E-state index < -0.39 is 0 Å². The van der Waals surface area contributed by atoms with E-state index in [2.05, 4.69) is 46.8 Å². The van der Waals surface area contributed by atoms with Gasteiger partial charge in [-0.15, -0.1) is 5.10 Å². The Kier molecular flexibility index (Phi) is 4.10. The second kappa shape index (κ2) is 6.39. The SMILES string of the molecule is CCC(NC(C)c1nnnn1C1CC1)c1ccc2c(c1)OCCO2. The van der Waals surface area contributed by atoms with Crippen molar-refractivity contribution >= 4 is 0 Å². The largest absolute Gasteiger partial charge is 0.486 e. The number of nitrogens with zero attached hydrogens (tertiary/aromatic N) is 4. The molecule has 128 valence electrons. The molecular formula is C17H23N5O2. The summed E-state index contributed by atoms with van der Waals surface area (Å²) in [6.45, 7) is 5.51. The van der Waals surface area contributed by atoms with Gasteiger partial charge in [0.15, 0.2) is 17.3 Å². The van der Waals surface area contributed by atoms with Gasteiger partial charge in [0.1, 0.15) is 13.2 Å². The van der Waals surface area contributed by atoms with Gasteiger partial charge in [-0.3, -0.25) is 0 Å². The summed E-state index contributed by atoms with van der Waals surface area (Å²) in [5.74, 6) is 2.56. The van der Waals surface area contributed by atoms with Crippen LogP contribution in [0.25, 0.3) is 0 Å². The highest BCUT2D eigenvalue weighted by Crippen LogP contribution is 2.36. The molecule has 1 aromatic heterocycles. The smallest absolute Gasteiger partial charge is 0.168 e. The summed E-state index contributed by atoms with van der Waals surface area (Å²) in [6, 6.07) is 6.94. The van der Waals surface area contributed by atoms with Gasteiger partial charge in [-0.25, -0.2) is 4.68 Å². The van der Waals surface area contributed by atoms with Crippen LogP contribution in [0, 0.1) is 0 Å². The fourth-order valence-electron chi connectivity index (χ4n) is 3.17. The monoisotopic (exact) mass is 329 g/mol. The van der Waals surface area contributed by atoms with Crippen molar-refractivity contribution in [2.45, 2.75) is 51.2 Å². The van der Waals surface area contributed by atoms with Crippen LogP contribution in [-0.2, 0) is 0 Å². The van der Waals surface area contributed by atoms with Crippen molar-refractivity contribution in [2.24, 2.45) is 0 Å². The van der Waals surface area contributed by atoms with Crippen LogP contribution >= 0.6 is 0 Å². The Hall–Kier alpha value is -2.15. The van der Waals surface area contributed by atoms with Gasteiger partial charge in [0, 0.05) is 6.04 Å². The summed E-state index contributed by atoms with van der Waals surface area (Å²) in [6.07, 6.45) is 3.31. The number of ether oxygens (including phenoxy) is 2. The molecule has 2 heterocycles. The summed E-state index contributed by atoms with van der Waals surface area (Å²) >= 11 is 0. The Morgan fingerprint density at radius 1 is 1.25 bits per heavy atom. The van der Waals surface area contributed by atoms with E-state index in [0.29, 0.717) is 19.3 Å². The predicted molar refractivity (Wildman–Crippen MR) is 88.1 cm³/mol. The van der Waals surface area contributed by atoms with Gasteiger partial charge in [-0.2, -0.15) is 0 Å². The first-order valence-corrected chi connectivity index (χ1v) is 8.69. The van der Waals surface area contributed by atoms with Crippen LogP contribution in [0.4, 0.5) is 0 Å². The lowest BCUT2D eigenvalue weighted by molar-refractivity contribution is 0.171. The zero-order chi connectivity index (χ0) is 16.5. The Morgan fingerprint density at radius 2 is 2.04 bits per heavy atom. The number of benzene rings is 1. The molecular weight excluding hydrogens is 306 g/mol. The first-order chi connectivity index (χ1) is 11.8. The molecule has 2 aromatic rings. The highest BCUT2D eigenvalue weighted by Gasteiger charge is 2.30. The fraction of sp³-hybridized carbons (Fsp3) is 0.588. The molecule has 2 aliphatic rings. The van der Waals surface area contributed by atoms with E-state index in [-0.39, 0.29) is 12.1 Å². The second-order valence-electron chi connectivity index (χ2n) is 6.47. The molecule has 1 aliphatic carbocycles. The maximum atomic E-state index is 5.71. The van der Waals surface area contributed by atoms with Crippen LogP contribution in [0.2, 0.25) is 0 Å². The van der Waals surface area contributed by atoms with Crippen LogP contribution in [0.3, 0.4) is 0 Å². The molecule has 0 amide bonds. The van der Waals surface area contributed by atoms with Crippen molar-refractivity contribution < 1.29 is 9.47 Å². The number of hydrogen-bond donors (Lipinski definition) is 1. The number of aromatic nitrogens is 4. The Labute approximate surface area is 141 Å². The van der Waals surface area contributed by atoms with Crippen molar-refractivity contribution in [3.05, 3.63) is 29.6 Å². The maximum absolute atomic E-state index is 5.71. The third-order valence-electron chi connectivity index (χ3n) is 4.63. The summed E-state index contributed by atoms with van der Waals surface area (Å²) < 4.78 is 13.3. The van der Waals surface area contributed by atoms with Gasteiger partial charge in [0.2, 0.25) is 0 Å². The minimum absolute atomic E-state index is 0.0822. The average Bonchev–Trinajstić information content (AvgIpc) is 3.35. The number of nitrogens with one attached hydrogen (secondary N) is 1. The lowest BCUT2D eigenvalue weighted by Crippen LogP contribution is -2.27. The van der Waals surface area contributed by atoms with Crippen LogP contribution in [-0.4, -0.2) is 33.4 Å². The number of fused-ring (bicyclic) bond motifs is 1. The maximum Gasteiger partial charge on any atom is 0.168 e. The van der Waals surface area contributed by atoms with E-state index in [9.17, 15) is 0 Å². The first-order valence-electron chi connectivity index (χ1n) is 8.69. The topological polar surface area (TPSA) is 74.1 Å². The van der Waals surface area contributed by atoms with Gasteiger partial charge in [0.05, 0.1) is 12.1 Å². The van der Waals surface area contributed by atoms with E-state index in [1.807, 2.05) is 10.7 Å². The quantitative estimate of drug-likeness (QED) is 0.878. The Bertz CT molecular complexity index is 713. The highest BCUT2D eigenvalue weighted by atomic mass is 16.6. The zero-order valence-electron chi connectivity index (χ0n) is 14.1. The molecule has 1 fully saturated rings. The molecule has 1 saturated carbocycles. The van der Waals surface area contributed by atoms with E-state index in [0.717, 1.165) is 23.7 Å². The van der Waals surface area contributed by atoms with Crippen LogP contribution in [0.15, 0.2) is 18.2 Å². The molecule has 1 N–H and O–H groups in total. The van der Waals surface area contributed by atoms with Crippen LogP contribution in [0.1, 0.15) is 62.6 Å². The number of rotatable bonds is 6. The summed E-state index contributed by atoms with van der Waals surface area (Å²) in [4.78, 5) is 0. The van der Waals surface area contributed by atoms with E-state index in [1.165, 1.54) is 18.4 Å². The lowest BCUT2D eigenvalue weighted by atomic mass is 10.0. The Morgan fingerprint density at radius 3 is 2.79 bits per heavy atom. The van der Waals surface area contributed by atoms with Gasteiger partial charge in [-0.1, -0.05) is 13.0 Å². The molecule has 2 atom stereocenters. The van der Waals surface area contributed by atoms with Gasteiger partial charge < -0.3 is 14.8 Å². The third kappa shape index (κ3) is 2.96. The van der Waals surface area contributed by atoms with Crippen LogP contribution in [0.5, 0.6) is 11.5 Å². The lowest BCUT2D eigenvalue weighted by Gasteiger charge is -2.24. The van der Waals surface area contributed by atoms with E-state index >= 15 is 0 Å². The van der Waals surface area contributed by atoms with Crippen molar-refractivity contribution in [2.75, 3.05) is 13.2 Å².